The highest BCUT2D eigenvalue weighted by atomic mass is 35.6. The zero-order chi connectivity index (χ0) is 17.8. The lowest BCUT2D eigenvalue weighted by Gasteiger charge is -2.30. The van der Waals surface area contributed by atoms with E-state index >= 15 is 0 Å². The summed E-state index contributed by atoms with van der Waals surface area (Å²) < 4.78 is -1.80. The molecule has 0 heterocycles. The lowest BCUT2D eigenvalue weighted by Crippen LogP contribution is -2.58. The summed E-state index contributed by atoms with van der Waals surface area (Å²) in [5, 5.41) is 17.6. The highest BCUT2D eigenvalue weighted by Crippen LogP contribution is 2.30. The molecule has 0 spiro atoms. The van der Waals surface area contributed by atoms with Gasteiger partial charge < -0.3 is 21.1 Å². The molecule has 0 bridgehead atoms. The standard InChI is InChI=1S/C14H18Cl3N3O2S/c1-13(2,3)11(22)19-10(14(15,16)17)20-12(23)18-8-4-6-9(21)7-5-8/h4-7,10,21H,1-3H3,(H,19,22)(H2,18,20,23)/t10-/m1/s1. The normalized spacial score (nSPS) is 13.1. The highest BCUT2D eigenvalue weighted by molar-refractivity contribution is 7.80. The van der Waals surface area contributed by atoms with E-state index in [0.29, 0.717) is 5.69 Å². The summed E-state index contributed by atoms with van der Waals surface area (Å²) in [5.41, 5.74) is -0.0208. The van der Waals surface area contributed by atoms with Crippen LogP contribution in [0.1, 0.15) is 20.8 Å². The molecule has 1 aromatic carbocycles. The van der Waals surface area contributed by atoms with Crippen molar-refractivity contribution < 1.29 is 9.90 Å². The molecule has 0 saturated heterocycles. The number of phenols is 1. The fraction of sp³-hybridized carbons (Fsp3) is 0.429. The predicted molar refractivity (Wildman–Crippen MR) is 99.1 cm³/mol. The van der Waals surface area contributed by atoms with Gasteiger partial charge >= 0.3 is 0 Å². The van der Waals surface area contributed by atoms with Gasteiger partial charge in [-0.3, -0.25) is 4.79 Å². The number of alkyl halides is 3. The number of carbonyl (C=O) groups is 1. The zero-order valence-corrected chi connectivity index (χ0v) is 15.9. The van der Waals surface area contributed by atoms with E-state index in [2.05, 4.69) is 16.0 Å². The summed E-state index contributed by atoms with van der Waals surface area (Å²) >= 11 is 22.8. The van der Waals surface area contributed by atoms with Gasteiger partial charge in [-0.2, -0.15) is 0 Å². The number of thiocarbonyl (C=S) groups is 1. The van der Waals surface area contributed by atoms with Crippen molar-refractivity contribution in [2.75, 3.05) is 5.32 Å². The highest BCUT2D eigenvalue weighted by Gasteiger charge is 2.36. The molecule has 9 heteroatoms. The van der Waals surface area contributed by atoms with Crippen LogP contribution in [0, 0.1) is 5.41 Å². The minimum Gasteiger partial charge on any atom is -0.508 e. The van der Waals surface area contributed by atoms with Crippen molar-refractivity contribution >= 4 is 63.7 Å². The predicted octanol–water partition coefficient (Wildman–Crippen LogP) is 3.54. The average molecular weight is 399 g/mol. The molecule has 5 nitrogen and oxygen atoms in total. The Hall–Kier alpha value is -0.950. The number of rotatable bonds is 3. The Kier molecular flexibility index (Phi) is 6.77. The van der Waals surface area contributed by atoms with Gasteiger partial charge in [-0.1, -0.05) is 55.6 Å². The third-order valence-electron chi connectivity index (χ3n) is 2.68. The summed E-state index contributed by atoms with van der Waals surface area (Å²) in [6.07, 6.45) is -1.02. The van der Waals surface area contributed by atoms with Crippen LogP contribution in [0.4, 0.5) is 5.69 Å². The summed E-state index contributed by atoms with van der Waals surface area (Å²) in [5.74, 6) is -0.167. The largest absolute Gasteiger partial charge is 0.508 e. The van der Waals surface area contributed by atoms with E-state index in [0.717, 1.165) is 0 Å². The molecule has 0 saturated carbocycles. The molecule has 128 valence electrons. The van der Waals surface area contributed by atoms with Gasteiger partial charge in [0.05, 0.1) is 0 Å². The van der Waals surface area contributed by atoms with Crippen LogP contribution in [0.5, 0.6) is 5.75 Å². The minimum absolute atomic E-state index is 0.131. The van der Waals surface area contributed by atoms with Gasteiger partial charge in [-0.25, -0.2) is 0 Å². The van der Waals surface area contributed by atoms with Gasteiger partial charge in [-0.15, -0.1) is 0 Å². The van der Waals surface area contributed by atoms with E-state index in [1.165, 1.54) is 12.1 Å². The first kappa shape index (κ1) is 20.1. The smallest absolute Gasteiger partial charge is 0.228 e. The van der Waals surface area contributed by atoms with Crippen LogP contribution < -0.4 is 16.0 Å². The third-order valence-corrected chi connectivity index (χ3v) is 3.56. The summed E-state index contributed by atoms with van der Waals surface area (Å²) in [6.45, 7) is 5.22. The minimum atomic E-state index is -1.80. The van der Waals surface area contributed by atoms with Crippen LogP contribution in [-0.2, 0) is 4.79 Å². The first-order valence-corrected chi connectivity index (χ1v) is 8.18. The fourth-order valence-corrected chi connectivity index (χ4v) is 1.95. The van der Waals surface area contributed by atoms with Crippen molar-refractivity contribution in [2.45, 2.75) is 30.7 Å². The maximum absolute atomic E-state index is 12.1. The Labute approximate surface area is 155 Å². The van der Waals surface area contributed by atoms with Crippen LogP contribution in [0.15, 0.2) is 24.3 Å². The van der Waals surface area contributed by atoms with Crippen LogP contribution in [-0.4, -0.2) is 26.1 Å². The van der Waals surface area contributed by atoms with Gasteiger partial charge in [0.15, 0.2) is 5.11 Å². The van der Waals surface area contributed by atoms with E-state index in [1.54, 1.807) is 32.9 Å². The Morgan fingerprint density at radius 2 is 1.65 bits per heavy atom. The second-order valence-corrected chi connectivity index (χ2v) is 8.62. The maximum atomic E-state index is 12.1. The van der Waals surface area contributed by atoms with E-state index in [9.17, 15) is 9.90 Å². The quantitative estimate of drug-likeness (QED) is 0.271. The number of phenolic OH excluding ortho intramolecular Hbond substituents is 1. The number of carbonyl (C=O) groups excluding carboxylic acids is 1. The van der Waals surface area contributed by atoms with Crippen molar-refractivity contribution in [3.8, 4) is 5.75 Å². The lowest BCUT2D eigenvalue weighted by molar-refractivity contribution is -0.129. The average Bonchev–Trinajstić information content (AvgIpc) is 2.38. The monoisotopic (exact) mass is 397 g/mol. The van der Waals surface area contributed by atoms with E-state index < -0.39 is 15.4 Å². The van der Waals surface area contributed by atoms with Crippen molar-refractivity contribution in [3.05, 3.63) is 24.3 Å². The molecule has 1 amide bonds. The van der Waals surface area contributed by atoms with Gasteiger partial charge in [0.2, 0.25) is 9.70 Å². The molecule has 0 fully saturated rings. The fourth-order valence-electron chi connectivity index (χ4n) is 1.39. The SMILES string of the molecule is CC(C)(C)C(=O)N[C@H](NC(=S)Nc1ccc(O)cc1)C(Cl)(Cl)Cl. The van der Waals surface area contributed by atoms with Crippen molar-refractivity contribution in [3.63, 3.8) is 0 Å². The Bertz CT molecular complexity index is 568. The number of benzene rings is 1. The molecule has 1 atom stereocenters. The lowest BCUT2D eigenvalue weighted by atomic mass is 9.95. The first-order valence-electron chi connectivity index (χ1n) is 6.64. The van der Waals surface area contributed by atoms with Crippen LogP contribution >= 0.6 is 47.0 Å². The molecule has 0 aliphatic carbocycles. The molecular weight excluding hydrogens is 381 g/mol. The summed E-state index contributed by atoms with van der Waals surface area (Å²) in [7, 11) is 0. The van der Waals surface area contributed by atoms with E-state index in [4.69, 9.17) is 47.0 Å². The molecule has 4 N–H and O–H groups in total. The molecular formula is C14H18Cl3N3O2S. The number of amides is 1. The molecule has 23 heavy (non-hydrogen) atoms. The van der Waals surface area contributed by atoms with E-state index in [-0.39, 0.29) is 16.8 Å². The summed E-state index contributed by atoms with van der Waals surface area (Å²) in [6, 6.07) is 6.25. The Morgan fingerprint density at radius 1 is 1.13 bits per heavy atom. The van der Waals surface area contributed by atoms with Gasteiger partial charge in [0.25, 0.3) is 0 Å². The number of aromatic hydroxyl groups is 1. The number of halogens is 3. The maximum Gasteiger partial charge on any atom is 0.228 e. The van der Waals surface area contributed by atoms with Crippen LogP contribution in [0.25, 0.3) is 0 Å². The first-order chi connectivity index (χ1) is 10.4. The molecule has 1 aromatic rings. The van der Waals surface area contributed by atoms with Crippen molar-refractivity contribution in [1.29, 1.82) is 0 Å². The van der Waals surface area contributed by atoms with Crippen molar-refractivity contribution in [2.24, 2.45) is 5.41 Å². The Balaban J connectivity index is 2.75. The van der Waals surface area contributed by atoms with Crippen LogP contribution in [0.2, 0.25) is 0 Å². The zero-order valence-electron chi connectivity index (χ0n) is 12.8. The van der Waals surface area contributed by atoms with Gasteiger partial charge in [-0.05, 0) is 36.5 Å². The second kappa shape index (κ2) is 7.75. The number of anilines is 1. The molecule has 1 rings (SSSR count). The molecule has 0 aliphatic rings. The number of nitrogens with one attached hydrogen (secondary N) is 3. The number of hydrogen-bond acceptors (Lipinski definition) is 3. The van der Waals surface area contributed by atoms with Crippen molar-refractivity contribution in [1.82, 2.24) is 10.6 Å². The summed E-state index contributed by atoms with van der Waals surface area (Å²) in [4.78, 5) is 12.1. The van der Waals surface area contributed by atoms with Gasteiger partial charge in [0.1, 0.15) is 11.9 Å². The number of hydrogen-bond donors (Lipinski definition) is 4. The third kappa shape index (κ3) is 6.99. The van der Waals surface area contributed by atoms with E-state index in [1.807, 2.05) is 0 Å². The molecule has 0 radical (unpaired) electrons. The molecule has 0 aliphatic heterocycles. The Morgan fingerprint density at radius 3 is 2.09 bits per heavy atom. The topological polar surface area (TPSA) is 73.4 Å². The van der Waals surface area contributed by atoms with Crippen LogP contribution in [0.3, 0.4) is 0 Å². The molecule has 0 aromatic heterocycles. The molecule has 0 unspecified atom stereocenters. The second-order valence-electron chi connectivity index (χ2n) is 5.84. The van der Waals surface area contributed by atoms with Gasteiger partial charge in [0, 0.05) is 11.1 Å².